The van der Waals surface area contributed by atoms with Crippen molar-refractivity contribution in [3.8, 4) is 5.69 Å². The van der Waals surface area contributed by atoms with Gasteiger partial charge in [-0.15, -0.1) is 0 Å². The number of amidine groups is 1. The number of benzene rings is 2. The zero-order chi connectivity index (χ0) is 24.6. The molecule has 2 aromatic carbocycles. The smallest absolute Gasteiger partial charge is 0.254 e. The van der Waals surface area contributed by atoms with E-state index in [9.17, 15) is 21.6 Å². The maximum absolute atomic E-state index is 13.0. The molecule has 3 aromatic rings. The molecular formula is C21H21ClN4O5S2. The Labute approximate surface area is 196 Å². The summed E-state index contributed by atoms with van der Waals surface area (Å²) in [5, 5.41) is 9.61. The monoisotopic (exact) mass is 508 g/mol. The number of rotatable bonds is 7. The average molecular weight is 509 g/mol. The zero-order valence-electron chi connectivity index (χ0n) is 17.7. The van der Waals surface area contributed by atoms with Crippen LogP contribution in [0, 0.1) is 5.41 Å². The topological polar surface area (TPSA) is 152 Å². The van der Waals surface area contributed by atoms with Gasteiger partial charge >= 0.3 is 0 Å². The van der Waals surface area contributed by atoms with Crippen LogP contribution in [0.5, 0.6) is 0 Å². The maximum Gasteiger partial charge on any atom is 0.254 e. The van der Waals surface area contributed by atoms with Gasteiger partial charge in [-0.1, -0.05) is 35.9 Å². The van der Waals surface area contributed by atoms with Gasteiger partial charge in [-0.05, 0) is 35.9 Å². The van der Waals surface area contributed by atoms with E-state index in [0.717, 1.165) is 23.1 Å². The van der Waals surface area contributed by atoms with Crippen molar-refractivity contribution in [1.82, 2.24) is 9.88 Å². The summed E-state index contributed by atoms with van der Waals surface area (Å²) < 4.78 is 51.3. The highest BCUT2D eigenvalue weighted by molar-refractivity contribution is 7.91. The molecule has 0 bridgehead atoms. The number of carbonyl (C=O) groups excluding carboxylic acids is 1. The molecule has 0 aliphatic heterocycles. The highest BCUT2D eigenvalue weighted by atomic mass is 35.5. The first-order valence-electron chi connectivity index (χ1n) is 9.42. The Morgan fingerprint density at radius 1 is 1.00 bits per heavy atom. The number of nitrogens with one attached hydrogen (secondary N) is 2. The standard InChI is InChI=1S/C21H21ClN4O5S2/c1-32(28,29)18-11-17(20(27)25-12-13-3-5-14(6-4-13)19(23)24)21(33(2,30)31)26(18)16-9-7-15(22)8-10-16/h3-11H,12H2,1-2H3,(H3,23,24)(H,25,27). The summed E-state index contributed by atoms with van der Waals surface area (Å²) in [7, 11) is -7.95. The molecule has 0 aliphatic carbocycles. The van der Waals surface area contributed by atoms with Gasteiger partial charge in [-0.3, -0.25) is 14.8 Å². The van der Waals surface area contributed by atoms with E-state index >= 15 is 0 Å². The van der Waals surface area contributed by atoms with Gasteiger partial charge in [-0.2, -0.15) is 0 Å². The molecule has 174 valence electrons. The van der Waals surface area contributed by atoms with Crippen LogP contribution >= 0.6 is 11.6 Å². The Morgan fingerprint density at radius 3 is 2.06 bits per heavy atom. The van der Waals surface area contributed by atoms with Gasteiger partial charge in [0.05, 0.1) is 5.56 Å². The lowest BCUT2D eigenvalue weighted by Gasteiger charge is -2.13. The lowest BCUT2D eigenvalue weighted by atomic mass is 10.1. The zero-order valence-corrected chi connectivity index (χ0v) is 20.1. The van der Waals surface area contributed by atoms with Crippen LogP contribution < -0.4 is 11.1 Å². The first-order chi connectivity index (χ1) is 15.3. The largest absolute Gasteiger partial charge is 0.384 e. The van der Waals surface area contributed by atoms with Crippen molar-refractivity contribution in [2.24, 2.45) is 5.73 Å². The Balaban J connectivity index is 2.08. The highest BCUT2D eigenvalue weighted by Gasteiger charge is 2.31. The molecule has 33 heavy (non-hydrogen) atoms. The summed E-state index contributed by atoms with van der Waals surface area (Å²) in [5.41, 5.74) is 6.54. The lowest BCUT2D eigenvalue weighted by Crippen LogP contribution is -2.25. The van der Waals surface area contributed by atoms with Crippen molar-refractivity contribution >= 4 is 43.0 Å². The van der Waals surface area contributed by atoms with E-state index in [2.05, 4.69) is 5.32 Å². The number of nitrogens with zero attached hydrogens (tertiary/aromatic N) is 1. The molecule has 12 heteroatoms. The minimum Gasteiger partial charge on any atom is -0.384 e. The summed E-state index contributed by atoms with van der Waals surface area (Å²) in [6.45, 7) is 0.0422. The van der Waals surface area contributed by atoms with Gasteiger partial charge < -0.3 is 11.1 Å². The predicted octanol–water partition coefficient (Wildman–Crippen LogP) is 2.15. The number of nitrogen functional groups attached to an aromatic ring is 1. The molecule has 0 fully saturated rings. The fourth-order valence-electron chi connectivity index (χ4n) is 3.19. The Bertz CT molecular complexity index is 1440. The fraction of sp³-hybridized carbons (Fsp3) is 0.143. The first kappa shape index (κ1) is 24.5. The van der Waals surface area contributed by atoms with Crippen LogP contribution in [0.2, 0.25) is 5.02 Å². The molecule has 0 unspecified atom stereocenters. The van der Waals surface area contributed by atoms with Crippen LogP contribution in [-0.2, 0) is 26.2 Å². The van der Waals surface area contributed by atoms with E-state index in [-0.39, 0.29) is 28.7 Å². The van der Waals surface area contributed by atoms with Crippen molar-refractivity contribution < 1.29 is 21.6 Å². The molecule has 9 nitrogen and oxygen atoms in total. The summed E-state index contributed by atoms with van der Waals surface area (Å²) in [6, 6.07) is 13.5. The van der Waals surface area contributed by atoms with Crippen LogP contribution in [0.4, 0.5) is 0 Å². The summed E-state index contributed by atoms with van der Waals surface area (Å²) in [6.07, 6.45) is 1.83. The number of nitrogens with two attached hydrogens (primary N) is 1. The molecule has 3 rings (SSSR count). The van der Waals surface area contributed by atoms with E-state index in [1.165, 1.54) is 24.3 Å². The molecule has 1 aromatic heterocycles. The van der Waals surface area contributed by atoms with Crippen LogP contribution in [-0.4, -0.2) is 45.7 Å². The van der Waals surface area contributed by atoms with Gasteiger partial charge in [0.15, 0.2) is 24.7 Å². The fourth-order valence-corrected chi connectivity index (χ4v) is 5.32. The van der Waals surface area contributed by atoms with E-state index in [1.807, 2.05) is 0 Å². The SMILES string of the molecule is CS(=O)(=O)c1cc(C(=O)NCc2ccc(C(=N)N)cc2)c(S(C)(=O)=O)n1-c1ccc(Cl)cc1. The van der Waals surface area contributed by atoms with Crippen molar-refractivity contribution in [2.45, 2.75) is 16.6 Å². The number of amides is 1. The van der Waals surface area contributed by atoms with E-state index in [0.29, 0.717) is 16.1 Å². The highest BCUT2D eigenvalue weighted by Crippen LogP contribution is 2.29. The molecule has 1 amide bonds. The third kappa shape index (κ3) is 5.44. The van der Waals surface area contributed by atoms with Crippen molar-refractivity contribution in [1.29, 1.82) is 5.41 Å². The lowest BCUT2D eigenvalue weighted by molar-refractivity contribution is 0.0947. The molecule has 0 saturated carbocycles. The Morgan fingerprint density at radius 2 is 1.58 bits per heavy atom. The molecule has 4 N–H and O–H groups in total. The van der Waals surface area contributed by atoms with Crippen molar-refractivity contribution in [3.63, 3.8) is 0 Å². The number of hydrogen-bond acceptors (Lipinski definition) is 6. The van der Waals surface area contributed by atoms with Gasteiger partial charge in [0.2, 0.25) is 0 Å². The van der Waals surface area contributed by atoms with Gasteiger partial charge in [0.25, 0.3) is 5.91 Å². The Kier molecular flexibility index (Phi) is 6.68. The number of carbonyl (C=O) groups is 1. The molecule has 0 saturated heterocycles. The summed E-state index contributed by atoms with van der Waals surface area (Å²) in [4.78, 5) is 13.0. The molecule has 0 aliphatic rings. The van der Waals surface area contributed by atoms with E-state index in [1.54, 1.807) is 24.3 Å². The number of halogens is 1. The second kappa shape index (κ2) is 9.00. The van der Waals surface area contributed by atoms with Gasteiger partial charge in [-0.25, -0.2) is 16.8 Å². The molecule has 0 spiro atoms. The molecule has 0 radical (unpaired) electrons. The molecule has 0 atom stereocenters. The van der Waals surface area contributed by atoms with Gasteiger partial charge in [0, 0.05) is 35.3 Å². The van der Waals surface area contributed by atoms with E-state index in [4.69, 9.17) is 22.7 Å². The average Bonchev–Trinajstić information content (AvgIpc) is 3.15. The van der Waals surface area contributed by atoms with Gasteiger partial charge in [0.1, 0.15) is 10.9 Å². The van der Waals surface area contributed by atoms with Crippen LogP contribution in [0.25, 0.3) is 5.69 Å². The first-order valence-corrected chi connectivity index (χ1v) is 13.6. The number of aromatic nitrogens is 1. The summed E-state index contributed by atoms with van der Waals surface area (Å²) >= 11 is 5.91. The second-order valence-electron chi connectivity index (χ2n) is 7.35. The quantitative estimate of drug-likeness (QED) is 0.328. The minimum absolute atomic E-state index is 0.0422. The molecule has 1 heterocycles. The predicted molar refractivity (Wildman–Crippen MR) is 126 cm³/mol. The van der Waals surface area contributed by atoms with Crippen molar-refractivity contribution in [2.75, 3.05) is 12.5 Å². The number of hydrogen-bond donors (Lipinski definition) is 3. The second-order valence-corrected chi connectivity index (χ2v) is 11.7. The third-order valence-corrected chi connectivity index (χ3v) is 7.12. The minimum atomic E-state index is -4.04. The van der Waals surface area contributed by atoms with Crippen molar-refractivity contribution in [3.05, 3.63) is 76.3 Å². The normalized spacial score (nSPS) is 11.8. The summed E-state index contributed by atoms with van der Waals surface area (Å²) in [5.74, 6) is -0.857. The van der Waals surface area contributed by atoms with Crippen LogP contribution in [0.3, 0.4) is 0 Å². The van der Waals surface area contributed by atoms with Crippen LogP contribution in [0.1, 0.15) is 21.5 Å². The maximum atomic E-state index is 13.0. The third-order valence-electron chi connectivity index (χ3n) is 4.70. The van der Waals surface area contributed by atoms with Crippen LogP contribution in [0.15, 0.2) is 64.6 Å². The molecular weight excluding hydrogens is 488 g/mol. The Hall–Kier alpha value is -3.15. The van der Waals surface area contributed by atoms with E-state index < -0.39 is 30.6 Å². The number of sulfone groups is 2.